The topological polar surface area (TPSA) is 12.0 Å². The van der Waals surface area contributed by atoms with Gasteiger partial charge in [0.15, 0.2) is 0 Å². The first kappa shape index (κ1) is 15.1. The molecule has 1 nitrogen and oxygen atoms in total. The predicted molar refractivity (Wildman–Crippen MR) is 96.2 cm³/mol. The molecule has 0 saturated heterocycles. The van der Waals surface area contributed by atoms with E-state index in [-0.39, 0.29) is 0 Å². The van der Waals surface area contributed by atoms with E-state index in [1.54, 1.807) is 0 Å². The van der Waals surface area contributed by atoms with Crippen molar-refractivity contribution >= 4 is 23.1 Å². The first-order chi connectivity index (χ1) is 10.4. The summed E-state index contributed by atoms with van der Waals surface area (Å²) in [5, 5.41) is 4.59. The van der Waals surface area contributed by atoms with E-state index in [4.69, 9.17) is 0 Å². The molecule has 3 rings (SSSR count). The van der Waals surface area contributed by atoms with Gasteiger partial charge in [0.1, 0.15) is 0 Å². The van der Waals surface area contributed by atoms with Crippen molar-refractivity contribution in [3.05, 3.63) is 47.3 Å². The highest BCUT2D eigenvalue weighted by molar-refractivity contribution is 7.99. The minimum absolute atomic E-state index is 0.691. The van der Waals surface area contributed by atoms with Crippen LogP contribution >= 0.6 is 23.1 Å². The van der Waals surface area contributed by atoms with Crippen LogP contribution in [0, 0.1) is 0 Å². The molecule has 3 heteroatoms. The lowest BCUT2D eigenvalue weighted by Gasteiger charge is -2.31. The Morgan fingerprint density at radius 1 is 1.10 bits per heavy atom. The predicted octanol–water partition coefficient (Wildman–Crippen LogP) is 5.18. The number of thioether (sulfide) groups is 1. The summed E-state index contributed by atoms with van der Waals surface area (Å²) in [7, 11) is 0. The zero-order valence-corrected chi connectivity index (χ0v) is 14.2. The minimum atomic E-state index is 0.691. The van der Waals surface area contributed by atoms with Gasteiger partial charge in [-0.2, -0.15) is 11.8 Å². The highest BCUT2D eigenvalue weighted by atomic mass is 32.2. The normalized spacial score (nSPS) is 22.3. The second-order valence-corrected chi connectivity index (χ2v) is 7.92. The van der Waals surface area contributed by atoms with E-state index >= 15 is 0 Å². The van der Waals surface area contributed by atoms with Gasteiger partial charge in [-0.3, -0.25) is 0 Å². The summed E-state index contributed by atoms with van der Waals surface area (Å²) in [5.41, 5.74) is 1.33. The van der Waals surface area contributed by atoms with Gasteiger partial charge in [-0.25, -0.2) is 0 Å². The van der Waals surface area contributed by atoms with Crippen molar-refractivity contribution in [2.45, 2.75) is 43.5 Å². The maximum absolute atomic E-state index is 3.79. The molecule has 1 aliphatic carbocycles. The third-order valence-corrected chi connectivity index (χ3v) is 6.57. The third-order valence-electron chi connectivity index (χ3n) is 4.26. The Morgan fingerprint density at radius 2 is 1.90 bits per heavy atom. The van der Waals surface area contributed by atoms with Crippen LogP contribution in [-0.2, 0) is 6.54 Å². The number of hydrogen-bond donors (Lipinski definition) is 1. The largest absolute Gasteiger partial charge is 0.308 e. The van der Waals surface area contributed by atoms with Gasteiger partial charge in [0.2, 0.25) is 0 Å². The quantitative estimate of drug-likeness (QED) is 0.815. The number of thiophene rings is 1. The van der Waals surface area contributed by atoms with E-state index in [0.717, 1.165) is 11.8 Å². The minimum Gasteiger partial charge on any atom is -0.308 e. The molecule has 0 aliphatic heterocycles. The summed E-state index contributed by atoms with van der Waals surface area (Å²) in [5.74, 6) is 0. The lowest BCUT2D eigenvalue weighted by Crippen LogP contribution is -2.39. The van der Waals surface area contributed by atoms with Crippen LogP contribution in [0.1, 0.15) is 30.6 Å². The second kappa shape index (κ2) is 7.48. The molecule has 1 heterocycles. The number of nitrogens with one attached hydrogen (secondary N) is 1. The Bertz CT molecular complexity index is 549. The molecule has 1 aromatic heterocycles. The SMILES string of the molecule is CSC1CCCCC1NCc1ccc(-c2ccccc2)s1. The van der Waals surface area contributed by atoms with Crippen molar-refractivity contribution < 1.29 is 0 Å². The number of hydrogen-bond acceptors (Lipinski definition) is 3. The highest BCUT2D eigenvalue weighted by Gasteiger charge is 2.23. The zero-order chi connectivity index (χ0) is 14.5. The summed E-state index contributed by atoms with van der Waals surface area (Å²) in [6.07, 6.45) is 7.75. The molecule has 1 saturated carbocycles. The van der Waals surface area contributed by atoms with Gasteiger partial charge in [0, 0.05) is 27.6 Å². The van der Waals surface area contributed by atoms with Gasteiger partial charge >= 0.3 is 0 Å². The van der Waals surface area contributed by atoms with Crippen molar-refractivity contribution in [3.8, 4) is 10.4 Å². The lowest BCUT2D eigenvalue weighted by atomic mass is 9.95. The Hall–Kier alpha value is -0.770. The van der Waals surface area contributed by atoms with E-state index in [9.17, 15) is 0 Å². The van der Waals surface area contributed by atoms with Gasteiger partial charge in [0.25, 0.3) is 0 Å². The number of benzene rings is 1. The molecule has 1 fully saturated rings. The molecule has 2 aromatic rings. The molecule has 1 N–H and O–H groups in total. The smallest absolute Gasteiger partial charge is 0.0346 e. The molecule has 21 heavy (non-hydrogen) atoms. The van der Waals surface area contributed by atoms with Crippen LogP contribution in [0.2, 0.25) is 0 Å². The van der Waals surface area contributed by atoms with Crippen LogP contribution in [0.4, 0.5) is 0 Å². The van der Waals surface area contributed by atoms with Crippen LogP contribution in [0.25, 0.3) is 10.4 Å². The molecule has 112 valence electrons. The standard InChI is InChI=1S/C18H23NS2/c1-20-18-10-6-5-9-16(18)19-13-15-11-12-17(21-15)14-7-3-2-4-8-14/h2-4,7-8,11-12,16,18-19H,5-6,9-10,13H2,1H3. The van der Waals surface area contributed by atoms with Crippen molar-refractivity contribution in [3.63, 3.8) is 0 Å². The zero-order valence-electron chi connectivity index (χ0n) is 12.5. The van der Waals surface area contributed by atoms with E-state index in [2.05, 4.69) is 54.0 Å². The molecule has 1 aromatic carbocycles. The molecule has 1 aliphatic rings. The summed E-state index contributed by atoms with van der Waals surface area (Å²) in [6, 6.07) is 15.9. The average molecular weight is 318 g/mol. The van der Waals surface area contributed by atoms with Crippen LogP contribution in [-0.4, -0.2) is 17.5 Å². The molecule has 0 radical (unpaired) electrons. The first-order valence-electron chi connectivity index (χ1n) is 7.77. The van der Waals surface area contributed by atoms with E-state index in [0.29, 0.717) is 6.04 Å². The van der Waals surface area contributed by atoms with Gasteiger partial charge in [0.05, 0.1) is 0 Å². The van der Waals surface area contributed by atoms with Crippen LogP contribution < -0.4 is 5.32 Å². The van der Waals surface area contributed by atoms with Crippen LogP contribution in [0.3, 0.4) is 0 Å². The Balaban J connectivity index is 1.60. The Labute approximate surface area is 136 Å². The maximum atomic E-state index is 3.79. The number of rotatable bonds is 5. The van der Waals surface area contributed by atoms with E-state index < -0.39 is 0 Å². The van der Waals surface area contributed by atoms with Gasteiger partial charge in [-0.15, -0.1) is 11.3 Å². The molecular formula is C18H23NS2. The molecule has 2 atom stereocenters. The van der Waals surface area contributed by atoms with Crippen molar-refractivity contribution in [2.75, 3.05) is 6.26 Å². The Kier molecular flexibility index (Phi) is 5.39. The third kappa shape index (κ3) is 3.91. The highest BCUT2D eigenvalue weighted by Crippen LogP contribution is 2.30. The monoisotopic (exact) mass is 317 g/mol. The lowest BCUT2D eigenvalue weighted by molar-refractivity contribution is 0.384. The van der Waals surface area contributed by atoms with Crippen molar-refractivity contribution in [2.24, 2.45) is 0 Å². The van der Waals surface area contributed by atoms with Gasteiger partial charge in [-0.1, -0.05) is 43.2 Å². The van der Waals surface area contributed by atoms with E-state index in [1.165, 1.54) is 41.0 Å². The summed E-state index contributed by atoms with van der Waals surface area (Å²) in [6.45, 7) is 1.01. The summed E-state index contributed by atoms with van der Waals surface area (Å²) >= 11 is 3.95. The van der Waals surface area contributed by atoms with Gasteiger partial charge in [-0.05, 0) is 36.8 Å². The molecular weight excluding hydrogens is 294 g/mol. The second-order valence-electron chi connectivity index (χ2n) is 5.68. The fourth-order valence-electron chi connectivity index (χ4n) is 3.07. The van der Waals surface area contributed by atoms with Crippen molar-refractivity contribution in [1.82, 2.24) is 5.32 Å². The molecule has 0 amide bonds. The molecule has 0 spiro atoms. The van der Waals surface area contributed by atoms with Crippen molar-refractivity contribution in [1.29, 1.82) is 0 Å². The van der Waals surface area contributed by atoms with Gasteiger partial charge < -0.3 is 5.32 Å². The first-order valence-corrected chi connectivity index (χ1v) is 9.87. The van der Waals surface area contributed by atoms with Crippen LogP contribution in [0.15, 0.2) is 42.5 Å². The fraction of sp³-hybridized carbons (Fsp3) is 0.444. The summed E-state index contributed by atoms with van der Waals surface area (Å²) < 4.78 is 0. The molecule has 2 unspecified atom stereocenters. The fourth-order valence-corrected chi connectivity index (χ4v) is 5.00. The van der Waals surface area contributed by atoms with E-state index in [1.807, 2.05) is 23.1 Å². The maximum Gasteiger partial charge on any atom is 0.0346 e. The Morgan fingerprint density at radius 3 is 2.71 bits per heavy atom. The summed E-state index contributed by atoms with van der Waals surface area (Å²) in [4.78, 5) is 2.82. The molecule has 0 bridgehead atoms. The average Bonchev–Trinajstić information content (AvgIpc) is 3.03. The van der Waals surface area contributed by atoms with Crippen LogP contribution in [0.5, 0.6) is 0 Å².